The first-order valence-electron chi connectivity index (χ1n) is 9.16. The van der Waals surface area contributed by atoms with Crippen LogP contribution in [0.4, 0.5) is 0 Å². The number of nitrogens with zero attached hydrogens (tertiary/aromatic N) is 5. The van der Waals surface area contributed by atoms with E-state index in [-0.39, 0.29) is 0 Å². The molecule has 0 atom stereocenters. The first-order chi connectivity index (χ1) is 13.3. The molecular weight excluding hydrogens is 336 g/mol. The fourth-order valence-corrected chi connectivity index (χ4v) is 3.78. The first kappa shape index (κ1) is 16.1. The molecule has 1 aliphatic rings. The number of hydrogen-bond acceptors (Lipinski definition) is 5. The Kier molecular flexibility index (Phi) is 3.90. The second-order valence-corrected chi connectivity index (χ2v) is 7.06. The van der Waals surface area contributed by atoms with Crippen molar-refractivity contribution in [1.82, 2.24) is 29.8 Å². The molecule has 0 spiro atoms. The lowest BCUT2D eigenvalue weighted by molar-refractivity contribution is 0.242. The molecule has 0 amide bonds. The molecule has 1 aliphatic heterocycles. The zero-order chi connectivity index (χ0) is 18.2. The van der Waals surface area contributed by atoms with Crippen molar-refractivity contribution >= 4 is 10.9 Å². The highest BCUT2D eigenvalue weighted by atomic mass is 15.1. The van der Waals surface area contributed by atoms with Crippen LogP contribution in [0.5, 0.6) is 0 Å². The van der Waals surface area contributed by atoms with Crippen molar-refractivity contribution in [2.24, 2.45) is 0 Å². The molecule has 5 rings (SSSR count). The molecule has 0 fully saturated rings. The van der Waals surface area contributed by atoms with Crippen molar-refractivity contribution in [3.63, 3.8) is 0 Å². The van der Waals surface area contributed by atoms with Crippen molar-refractivity contribution in [3.05, 3.63) is 71.7 Å². The van der Waals surface area contributed by atoms with Gasteiger partial charge in [0, 0.05) is 55.3 Å². The van der Waals surface area contributed by atoms with E-state index in [9.17, 15) is 0 Å². The van der Waals surface area contributed by atoms with E-state index in [0.717, 1.165) is 37.3 Å². The molecule has 0 radical (unpaired) electrons. The number of aryl methyl sites for hydroxylation is 1. The Morgan fingerprint density at radius 2 is 2.04 bits per heavy atom. The Balaban J connectivity index is 1.41. The highest BCUT2D eigenvalue weighted by molar-refractivity contribution is 5.85. The van der Waals surface area contributed by atoms with Gasteiger partial charge in [-0.05, 0) is 30.0 Å². The van der Waals surface area contributed by atoms with E-state index in [4.69, 9.17) is 4.98 Å². The maximum atomic E-state index is 4.80. The van der Waals surface area contributed by atoms with Gasteiger partial charge in [-0.25, -0.2) is 19.9 Å². The number of nitrogens with one attached hydrogen (secondary N) is 1. The summed E-state index contributed by atoms with van der Waals surface area (Å²) >= 11 is 0. The van der Waals surface area contributed by atoms with Crippen LogP contribution in [0.25, 0.3) is 22.3 Å². The molecule has 6 nitrogen and oxygen atoms in total. The number of benzene rings is 1. The number of H-pyrrole nitrogens is 1. The molecular formula is C21H20N6. The number of hydrogen-bond donors (Lipinski definition) is 1. The molecule has 4 aromatic rings. The molecule has 6 heteroatoms. The van der Waals surface area contributed by atoms with Crippen LogP contribution in [-0.4, -0.2) is 36.4 Å². The molecule has 1 aromatic carbocycles. The van der Waals surface area contributed by atoms with E-state index >= 15 is 0 Å². The van der Waals surface area contributed by atoms with Crippen LogP contribution in [0.15, 0.2) is 49.3 Å². The van der Waals surface area contributed by atoms with Crippen LogP contribution in [0.1, 0.15) is 22.4 Å². The molecule has 1 N–H and O–H groups in total. The third-order valence-corrected chi connectivity index (χ3v) is 5.25. The van der Waals surface area contributed by atoms with E-state index in [1.165, 1.54) is 33.9 Å². The van der Waals surface area contributed by atoms with Gasteiger partial charge in [0.15, 0.2) is 5.82 Å². The van der Waals surface area contributed by atoms with Crippen molar-refractivity contribution in [2.45, 2.75) is 26.4 Å². The topological polar surface area (TPSA) is 70.6 Å². The zero-order valence-corrected chi connectivity index (χ0v) is 15.2. The van der Waals surface area contributed by atoms with Crippen LogP contribution in [0.2, 0.25) is 0 Å². The molecule has 27 heavy (non-hydrogen) atoms. The van der Waals surface area contributed by atoms with Gasteiger partial charge in [-0.2, -0.15) is 0 Å². The quantitative estimate of drug-likeness (QED) is 0.610. The minimum Gasteiger partial charge on any atom is -0.361 e. The number of fused-ring (bicyclic) bond motifs is 2. The van der Waals surface area contributed by atoms with E-state index in [1.54, 1.807) is 12.4 Å². The number of aromatic amines is 1. The summed E-state index contributed by atoms with van der Waals surface area (Å²) in [6.07, 6.45) is 10.1. The molecule has 0 saturated heterocycles. The summed E-state index contributed by atoms with van der Waals surface area (Å²) in [5.41, 5.74) is 7.05. The van der Waals surface area contributed by atoms with Crippen LogP contribution < -0.4 is 0 Å². The van der Waals surface area contributed by atoms with E-state index in [1.807, 2.05) is 6.20 Å². The Bertz CT molecular complexity index is 1100. The van der Waals surface area contributed by atoms with E-state index < -0.39 is 0 Å². The van der Waals surface area contributed by atoms with Gasteiger partial charge in [-0.1, -0.05) is 18.2 Å². The number of rotatable bonds is 3. The fraction of sp³-hybridized carbons (Fsp3) is 0.238. The highest BCUT2D eigenvalue weighted by Crippen LogP contribution is 2.25. The van der Waals surface area contributed by atoms with Gasteiger partial charge < -0.3 is 4.98 Å². The van der Waals surface area contributed by atoms with Gasteiger partial charge >= 0.3 is 0 Å². The Morgan fingerprint density at radius 3 is 2.93 bits per heavy atom. The van der Waals surface area contributed by atoms with Gasteiger partial charge in [0.1, 0.15) is 6.33 Å². The third kappa shape index (κ3) is 2.98. The lowest BCUT2D eigenvalue weighted by atomic mass is 10.0. The molecule has 0 bridgehead atoms. The smallest absolute Gasteiger partial charge is 0.162 e. The summed E-state index contributed by atoms with van der Waals surface area (Å²) in [6.45, 7) is 4.90. The van der Waals surface area contributed by atoms with Gasteiger partial charge in [0.2, 0.25) is 0 Å². The monoisotopic (exact) mass is 356 g/mol. The molecule has 0 aliphatic carbocycles. The fourth-order valence-electron chi connectivity index (χ4n) is 3.78. The summed E-state index contributed by atoms with van der Waals surface area (Å²) in [6, 6.07) is 6.47. The largest absolute Gasteiger partial charge is 0.361 e. The maximum Gasteiger partial charge on any atom is 0.162 e. The van der Waals surface area contributed by atoms with E-state index in [0.29, 0.717) is 5.82 Å². The lowest BCUT2D eigenvalue weighted by Gasteiger charge is -2.27. The summed E-state index contributed by atoms with van der Waals surface area (Å²) in [5.74, 6) is 0.693. The zero-order valence-electron chi connectivity index (χ0n) is 15.2. The van der Waals surface area contributed by atoms with Crippen LogP contribution in [-0.2, 0) is 19.5 Å². The van der Waals surface area contributed by atoms with Crippen molar-refractivity contribution in [2.75, 3.05) is 6.54 Å². The molecule has 3 aromatic heterocycles. The van der Waals surface area contributed by atoms with E-state index in [2.05, 4.69) is 56.2 Å². The van der Waals surface area contributed by atoms with Crippen LogP contribution >= 0.6 is 0 Å². The predicted octanol–water partition coefficient (Wildman–Crippen LogP) is 3.28. The predicted molar refractivity (Wildman–Crippen MR) is 104 cm³/mol. The maximum absolute atomic E-state index is 4.80. The third-order valence-electron chi connectivity index (χ3n) is 5.25. The molecule has 0 saturated carbocycles. The summed E-state index contributed by atoms with van der Waals surface area (Å²) in [7, 11) is 0. The second-order valence-electron chi connectivity index (χ2n) is 7.06. The van der Waals surface area contributed by atoms with Gasteiger partial charge in [-0.15, -0.1) is 0 Å². The molecule has 4 heterocycles. The van der Waals surface area contributed by atoms with Crippen LogP contribution in [0, 0.1) is 6.92 Å². The SMILES string of the molecule is Cc1cccc2c(CN3CCc4cnc(-c5cncnc5)nc4C3)c[nH]c12. The lowest BCUT2D eigenvalue weighted by Crippen LogP contribution is -2.31. The van der Waals surface area contributed by atoms with Gasteiger partial charge in [0.25, 0.3) is 0 Å². The minimum atomic E-state index is 0.693. The Hall–Kier alpha value is -3.12. The Labute approximate surface area is 157 Å². The summed E-state index contributed by atoms with van der Waals surface area (Å²) < 4.78 is 0. The summed E-state index contributed by atoms with van der Waals surface area (Å²) in [5, 5.41) is 1.31. The molecule has 0 unspecified atom stereocenters. The number of aromatic nitrogens is 5. The standard InChI is InChI=1S/C21H20N6/c1-14-3-2-4-18-17(10-24-20(14)18)11-27-6-5-15-9-25-21(26-19(15)12-27)16-7-22-13-23-8-16/h2-4,7-10,13,24H,5-6,11-12H2,1H3. The Morgan fingerprint density at radius 1 is 1.15 bits per heavy atom. The highest BCUT2D eigenvalue weighted by Gasteiger charge is 2.20. The van der Waals surface area contributed by atoms with Gasteiger partial charge in [-0.3, -0.25) is 4.90 Å². The number of para-hydroxylation sites is 1. The van der Waals surface area contributed by atoms with Gasteiger partial charge in [0.05, 0.1) is 11.3 Å². The molecule has 134 valence electrons. The van der Waals surface area contributed by atoms with Crippen molar-refractivity contribution in [3.8, 4) is 11.4 Å². The second kappa shape index (κ2) is 6.55. The average Bonchev–Trinajstić information content (AvgIpc) is 3.12. The minimum absolute atomic E-state index is 0.693. The van der Waals surface area contributed by atoms with Crippen molar-refractivity contribution < 1.29 is 0 Å². The van der Waals surface area contributed by atoms with Crippen LogP contribution in [0.3, 0.4) is 0 Å². The average molecular weight is 356 g/mol. The van der Waals surface area contributed by atoms with Crippen molar-refractivity contribution in [1.29, 1.82) is 0 Å². The normalized spacial score (nSPS) is 14.4. The first-order valence-corrected chi connectivity index (χ1v) is 9.16. The summed E-state index contributed by atoms with van der Waals surface area (Å²) in [4.78, 5) is 23.3.